The van der Waals surface area contributed by atoms with Crippen LogP contribution in [-0.4, -0.2) is 13.2 Å². The maximum Gasteiger partial charge on any atom is 0.0793 e. The standard InChI is InChI=1S/C8H13NO/c1-6-5-7(10-2)3-4-8(6)9/h4-5,7H,3,9H2,1-2H3. The molecule has 0 spiro atoms. The Morgan fingerprint density at radius 3 is 2.90 bits per heavy atom. The van der Waals surface area contributed by atoms with E-state index < -0.39 is 0 Å². The second-order valence-corrected chi connectivity index (χ2v) is 2.52. The summed E-state index contributed by atoms with van der Waals surface area (Å²) in [6.45, 7) is 2.00. The Labute approximate surface area is 61.4 Å². The molecule has 0 heterocycles. The van der Waals surface area contributed by atoms with E-state index in [4.69, 9.17) is 10.5 Å². The molecule has 1 atom stereocenters. The first-order valence-corrected chi connectivity index (χ1v) is 3.41. The summed E-state index contributed by atoms with van der Waals surface area (Å²) in [4.78, 5) is 0. The zero-order valence-corrected chi connectivity index (χ0v) is 6.42. The highest BCUT2D eigenvalue weighted by Crippen LogP contribution is 2.15. The van der Waals surface area contributed by atoms with Gasteiger partial charge < -0.3 is 10.5 Å². The van der Waals surface area contributed by atoms with Crippen LogP contribution in [0, 0.1) is 0 Å². The van der Waals surface area contributed by atoms with Gasteiger partial charge in [0.05, 0.1) is 6.10 Å². The van der Waals surface area contributed by atoms with Gasteiger partial charge in [-0.3, -0.25) is 0 Å². The van der Waals surface area contributed by atoms with Crippen LogP contribution < -0.4 is 5.73 Å². The molecule has 0 aromatic carbocycles. The average Bonchev–Trinajstić information content (AvgIpc) is 1.95. The fourth-order valence-electron chi connectivity index (χ4n) is 1.01. The van der Waals surface area contributed by atoms with E-state index in [0.29, 0.717) is 0 Å². The molecule has 1 unspecified atom stereocenters. The number of ether oxygens (including phenoxy) is 1. The molecule has 2 N–H and O–H groups in total. The molecule has 2 heteroatoms. The van der Waals surface area contributed by atoms with Gasteiger partial charge in [-0.2, -0.15) is 0 Å². The van der Waals surface area contributed by atoms with Crippen molar-refractivity contribution in [1.82, 2.24) is 0 Å². The fourth-order valence-corrected chi connectivity index (χ4v) is 1.01. The summed E-state index contributed by atoms with van der Waals surface area (Å²) in [6, 6.07) is 0. The van der Waals surface area contributed by atoms with E-state index in [9.17, 15) is 0 Å². The molecule has 2 nitrogen and oxygen atoms in total. The van der Waals surface area contributed by atoms with Gasteiger partial charge >= 0.3 is 0 Å². The maximum absolute atomic E-state index is 5.63. The van der Waals surface area contributed by atoms with Crippen molar-refractivity contribution in [3.8, 4) is 0 Å². The monoisotopic (exact) mass is 139 g/mol. The van der Waals surface area contributed by atoms with Gasteiger partial charge in [0.1, 0.15) is 0 Å². The number of rotatable bonds is 1. The van der Waals surface area contributed by atoms with E-state index in [2.05, 4.69) is 6.08 Å². The molecule has 0 aromatic rings. The maximum atomic E-state index is 5.63. The van der Waals surface area contributed by atoms with Crippen molar-refractivity contribution in [3.63, 3.8) is 0 Å². The zero-order valence-electron chi connectivity index (χ0n) is 6.42. The van der Waals surface area contributed by atoms with Crippen LogP contribution in [0.1, 0.15) is 13.3 Å². The highest BCUT2D eigenvalue weighted by atomic mass is 16.5. The van der Waals surface area contributed by atoms with Gasteiger partial charge in [-0.15, -0.1) is 0 Å². The second kappa shape index (κ2) is 2.88. The van der Waals surface area contributed by atoms with Crippen LogP contribution in [0.25, 0.3) is 0 Å². The average molecular weight is 139 g/mol. The summed E-state index contributed by atoms with van der Waals surface area (Å²) in [5.74, 6) is 0. The van der Waals surface area contributed by atoms with Crippen LogP contribution in [0.2, 0.25) is 0 Å². The molecule has 0 fully saturated rings. The Balaban J connectivity index is 2.66. The molecule has 1 aliphatic rings. The fraction of sp³-hybridized carbons (Fsp3) is 0.500. The van der Waals surface area contributed by atoms with Crippen molar-refractivity contribution in [2.45, 2.75) is 19.4 Å². The lowest BCUT2D eigenvalue weighted by Gasteiger charge is -2.15. The zero-order chi connectivity index (χ0) is 7.56. The minimum absolute atomic E-state index is 0.229. The summed E-state index contributed by atoms with van der Waals surface area (Å²) >= 11 is 0. The summed E-state index contributed by atoms with van der Waals surface area (Å²) in [7, 11) is 1.71. The Morgan fingerprint density at radius 2 is 2.40 bits per heavy atom. The van der Waals surface area contributed by atoms with Crippen LogP contribution in [0.15, 0.2) is 23.4 Å². The quantitative estimate of drug-likeness (QED) is 0.592. The smallest absolute Gasteiger partial charge is 0.0793 e. The van der Waals surface area contributed by atoms with Crippen molar-refractivity contribution < 1.29 is 4.74 Å². The first kappa shape index (κ1) is 7.35. The third-order valence-corrected chi connectivity index (χ3v) is 1.76. The lowest BCUT2D eigenvalue weighted by Crippen LogP contribution is -2.13. The van der Waals surface area contributed by atoms with E-state index in [1.54, 1.807) is 7.11 Å². The normalized spacial score (nSPS) is 25.6. The minimum Gasteiger partial charge on any atom is -0.399 e. The van der Waals surface area contributed by atoms with Gasteiger partial charge in [-0.25, -0.2) is 0 Å². The van der Waals surface area contributed by atoms with E-state index in [1.165, 1.54) is 0 Å². The van der Waals surface area contributed by atoms with Crippen molar-refractivity contribution in [2.24, 2.45) is 5.73 Å². The molecule has 1 rings (SSSR count). The lowest BCUT2D eigenvalue weighted by molar-refractivity contribution is 0.141. The molecular formula is C8H13NO. The van der Waals surface area contributed by atoms with Gasteiger partial charge in [0.2, 0.25) is 0 Å². The molecular weight excluding hydrogens is 126 g/mol. The third kappa shape index (κ3) is 1.39. The number of allylic oxidation sites excluding steroid dienone is 1. The first-order valence-electron chi connectivity index (χ1n) is 3.41. The van der Waals surface area contributed by atoms with E-state index in [-0.39, 0.29) is 6.10 Å². The molecule has 0 saturated carbocycles. The lowest BCUT2D eigenvalue weighted by atomic mass is 10.0. The summed E-state index contributed by atoms with van der Waals surface area (Å²) in [5.41, 5.74) is 7.64. The molecule has 0 saturated heterocycles. The topological polar surface area (TPSA) is 35.2 Å². The van der Waals surface area contributed by atoms with Gasteiger partial charge in [0.15, 0.2) is 0 Å². The molecule has 1 aliphatic carbocycles. The van der Waals surface area contributed by atoms with Crippen LogP contribution in [0.5, 0.6) is 0 Å². The molecule has 0 aromatic heterocycles. The minimum atomic E-state index is 0.229. The van der Waals surface area contributed by atoms with Gasteiger partial charge in [-0.05, 0) is 18.9 Å². The number of nitrogens with two attached hydrogens (primary N) is 1. The molecule has 0 aliphatic heterocycles. The Bertz CT molecular complexity index is 182. The summed E-state index contributed by atoms with van der Waals surface area (Å²) in [6.07, 6.45) is 5.19. The molecule has 56 valence electrons. The van der Waals surface area contributed by atoms with Crippen LogP contribution in [-0.2, 0) is 4.74 Å². The molecule has 0 bridgehead atoms. The van der Waals surface area contributed by atoms with E-state index in [0.717, 1.165) is 17.7 Å². The second-order valence-electron chi connectivity index (χ2n) is 2.52. The van der Waals surface area contributed by atoms with Crippen molar-refractivity contribution in [3.05, 3.63) is 23.4 Å². The highest BCUT2D eigenvalue weighted by Gasteiger charge is 2.08. The molecule has 0 radical (unpaired) electrons. The number of methoxy groups -OCH3 is 1. The van der Waals surface area contributed by atoms with Crippen molar-refractivity contribution in [1.29, 1.82) is 0 Å². The van der Waals surface area contributed by atoms with E-state index in [1.807, 2.05) is 13.0 Å². The van der Waals surface area contributed by atoms with Gasteiger partial charge in [0.25, 0.3) is 0 Å². The van der Waals surface area contributed by atoms with Gasteiger partial charge in [-0.1, -0.05) is 12.2 Å². The largest absolute Gasteiger partial charge is 0.399 e. The predicted molar refractivity (Wildman–Crippen MR) is 41.4 cm³/mol. The Kier molecular flexibility index (Phi) is 2.12. The first-order chi connectivity index (χ1) is 4.74. The molecule has 10 heavy (non-hydrogen) atoms. The van der Waals surface area contributed by atoms with Gasteiger partial charge in [0, 0.05) is 12.8 Å². The predicted octanol–water partition coefficient (Wildman–Crippen LogP) is 1.19. The Morgan fingerprint density at radius 1 is 1.70 bits per heavy atom. The van der Waals surface area contributed by atoms with Crippen LogP contribution in [0.4, 0.5) is 0 Å². The highest BCUT2D eigenvalue weighted by molar-refractivity contribution is 5.30. The van der Waals surface area contributed by atoms with Crippen molar-refractivity contribution in [2.75, 3.05) is 7.11 Å². The van der Waals surface area contributed by atoms with Crippen molar-refractivity contribution >= 4 is 0 Å². The SMILES string of the molecule is COC1C=C(C)C(N)=CC1. The van der Waals surface area contributed by atoms with Crippen LogP contribution >= 0.6 is 0 Å². The van der Waals surface area contributed by atoms with E-state index >= 15 is 0 Å². The summed E-state index contributed by atoms with van der Waals surface area (Å²) < 4.78 is 5.13. The number of hydrogen-bond acceptors (Lipinski definition) is 2. The number of hydrogen-bond donors (Lipinski definition) is 1. The third-order valence-electron chi connectivity index (χ3n) is 1.76. The van der Waals surface area contributed by atoms with Crippen LogP contribution in [0.3, 0.4) is 0 Å². The summed E-state index contributed by atoms with van der Waals surface area (Å²) in [5, 5.41) is 0. The molecule has 0 amide bonds. The Hall–Kier alpha value is -0.760.